The summed E-state index contributed by atoms with van der Waals surface area (Å²) >= 11 is 7.45. The van der Waals surface area contributed by atoms with E-state index in [2.05, 4.69) is 12.2 Å². The summed E-state index contributed by atoms with van der Waals surface area (Å²) in [6.07, 6.45) is 4.82. The molecule has 2 atom stereocenters. The van der Waals surface area contributed by atoms with Gasteiger partial charge in [-0.2, -0.15) is 0 Å². The third-order valence-electron chi connectivity index (χ3n) is 3.80. The van der Waals surface area contributed by atoms with Gasteiger partial charge in [-0.15, -0.1) is 11.8 Å². The van der Waals surface area contributed by atoms with E-state index >= 15 is 0 Å². The number of anilines is 1. The minimum Gasteiger partial charge on any atom is -0.398 e. The number of nitrogens with one attached hydrogen (secondary N) is 1. The Morgan fingerprint density at radius 3 is 2.90 bits per heavy atom. The zero-order chi connectivity index (χ0) is 14.5. The molecule has 0 bridgehead atoms. The molecule has 1 amide bonds. The van der Waals surface area contributed by atoms with Gasteiger partial charge in [-0.25, -0.2) is 0 Å². The minimum absolute atomic E-state index is 0.0988. The first-order valence-corrected chi connectivity index (χ1v) is 8.40. The van der Waals surface area contributed by atoms with Gasteiger partial charge in [-0.05, 0) is 37.0 Å². The van der Waals surface area contributed by atoms with E-state index in [1.54, 1.807) is 12.1 Å². The number of rotatable bonds is 4. The first kappa shape index (κ1) is 15.5. The van der Waals surface area contributed by atoms with Crippen molar-refractivity contribution in [2.45, 2.75) is 43.5 Å². The monoisotopic (exact) mass is 312 g/mol. The van der Waals surface area contributed by atoms with Crippen LogP contribution in [0, 0.1) is 5.92 Å². The number of amides is 1. The van der Waals surface area contributed by atoms with E-state index in [1.807, 2.05) is 6.07 Å². The third kappa shape index (κ3) is 4.32. The molecule has 1 aliphatic carbocycles. The maximum Gasteiger partial charge on any atom is 0.230 e. The number of hydrogen-bond acceptors (Lipinski definition) is 3. The molecule has 0 aliphatic heterocycles. The van der Waals surface area contributed by atoms with Gasteiger partial charge in [0.15, 0.2) is 0 Å². The molecule has 2 rings (SSSR count). The second kappa shape index (κ2) is 7.23. The number of carbonyl (C=O) groups excluding carboxylic acids is 1. The number of nitrogens with two attached hydrogens (primary N) is 1. The van der Waals surface area contributed by atoms with Crippen LogP contribution in [0.5, 0.6) is 0 Å². The zero-order valence-electron chi connectivity index (χ0n) is 11.7. The van der Waals surface area contributed by atoms with Crippen LogP contribution in [0.2, 0.25) is 5.02 Å². The van der Waals surface area contributed by atoms with E-state index in [9.17, 15) is 4.79 Å². The van der Waals surface area contributed by atoms with Crippen molar-refractivity contribution in [2.75, 3.05) is 11.5 Å². The Labute approximate surface area is 129 Å². The molecule has 1 fully saturated rings. The van der Waals surface area contributed by atoms with Crippen molar-refractivity contribution in [3.63, 3.8) is 0 Å². The van der Waals surface area contributed by atoms with Gasteiger partial charge in [0.1, 0.15) is 0 Å². The molecule has 20 heavy (non-hydrogen) atoms. The standard InChI is InChI=1S/C15H21ClN2OS/c1-10-4-2-3-5-14(10)18-15(19)9-20-11-6-7-13(17)12(16)8-11/h6-8,10,14H,2-5,9,17H2,1H3,(H,18,19). The number of hydrogen-bond donors (Lipinski definition) is 2. The van der Waals surface area contributed by atoms with Crippen LogP contribution in [-0.4, -0.2) is 17.7 Å². The van der Waals surface area contributed by atoms with Crippen molar-refractivity contribution in [1.82, 2.24) is 5.32 Å². The molecule has 1 saturated carbocycles. The molecule has 3 nitrogen and oxygen atoms in total. The summed E-state index contributed by atoms with van der Waals surface area (Å²) in [6.45, 7) is 2.22. The lowest BCUT2D eigenvalue weighted by Gasteiger charge is -2.29. The summed E-state index contributed by atoms with van der Waals surface area (Å²) in [4.78, 5) is 13.0. The highest BCUT2D eigenvalue weighted by atomic mass is 35.5. The molecule has 2 unspecified atom stereocenters. The minimum atomic E-state index is 0.0988. The Balaban J connectivity index is 1.81. The molecule has 0 radical (unpaired) electrons. The molecular formula is C15H21ClN2OS. The van der Waals surface area contributed by atoms with Gasteiger partial charge in [0.25, 0.3) is 0 Å². The molecule has 0 spiro atoms. The molecule has 0 heterocycles. The highest BCUT2D eigenvalue weighted by Gasteiger charge is 2.22. The lowest BCUT2D eigenvalue weighted by molar-refractivity contribution is -0.119. The van der Waals surface area contributed by atoms with Gasteiger partial charge in [0.05, 0.1) is 16.5 Å². The van der Waals surface area contributed by atoms with Gasteiger partial charge in [-0.1, -0.05) is 31.4 Å². The molecule has 1 aromatic rings. The number of carbonyl (C=O) groups is 1. The van der Waals surface area contributed by atoms with Gasteiger partial charge in [0.2, 0.25) is 5.91 Å². The quantitative estimate of drug-likeness (QED) is 0.658. The summed E-state index contributed by atoms with van der Waals surface area (Å²) in [6, 6.07) is 5.80. The summed E-state index contributed by atoms with van der Waals surface area (Å²) in [7, 11) is 0. The molecular weight excluding hydrogens is 292 g/mol. The number of thioether (sulfide) groups is 1. The fourth-order valence-corrected chi connectivity index (χ4v) is 3.52. The van der Waals surface area contributed by atoms with E-state index in [1.165, 1.54) is 31.0 Å². The summed E-state index contributed by atoms with van der Waals surface area (Å²) in [5, 5.41) is 3.69. The van der Waals surface area contributed by atoms with Crippen LogP contribution in [0.15, 0.2) is 23.1 Å². The average molecular weight is 313 g/mol. The number of nitrogen functional groups attached to an aromatic ring is 1. The Hall–Kier alpha value is -0.870. The van der Waals surface area contributed by atoms with Crippen LogP contribution in [-0.2, 0) is 4.79 Å². The van der Waals surface area contributed by atoms with Crippen LogP contribution in [0.3, 0.4) is 0 Å². The maximum atomic E-state index is 12.0. The Morgan fingerprint density at radius 1 is 1.45 bits per heavy atom. The fraction of sp³-hybridized carbons (Fsp3) is 0.533. The molecule has 0 saturated heterocycles. The predicted molar refractivity (Wildman–Crippen MR) is 86.2 cm³/mol. The van der Waals surface area contributed by atoms with Gasteiger partial charge < -0.3 is 11.1 Å². The molecule has 110 valence electrons. The van der Waals surface area contributed by atoms with Crippen molar-refractivity contribution in [2.24, 2.45) is 5.92 Å². The Kier molecular flexibility index (Phi) is 5.61. The van der Waals surface area contributed by atoms with E-state index in [0.29, 0.717) is 28.4 Å². The van der Waals surface area contributed by atoms with E-state index < -0.39 is 0 Å². The van der Waals surface area contributed by atoms with E-state index in [0.717, 1.165) is 11.3 Å². The van der Waals surface area contributed by atoms with Crippen molar-refractivity contribution in [3.8, 4) is 0 Å². The zero-order valence-corrected chi connectivity index (χ0v) is 13.3. The van der Waals surface area contributed by atoms with Crippen LogP contribution >= 0.6 is 23.4 Å². The molecule has 5 heteroatoms. The van der Waals surface area contributed by atoms with Crippen molar-refractivity contribution < 1.29 is 4.79 Å². The highest BCUT2D eigenvalue weighted by Crippen LogP contribution is 2.27. The normalized spacial score (nSPS) is 22.5. The van der Waals surface area contributed by atoms with Crippen molar-refractivity contribution >= 4 is 35.0 Å². The van der Waals surface area contributed by atoms with Crippen molar-refractivity contribution in [1.29, 1.82) is 0 Å². The average Bonchev–Trinajstić information content (AvgIpc) is 2.43. The van der Waals surface area contributed by atoms with Crippen LogP contribution in [0.25, 0.3) is 0 Å². The topological polar surface area (TPSA) is 55.1 Å². The third-order valence-corrected chi connectivity index (χ3v) is 5.12. The molecule has 1 aromatic carbocycles. The van der Waals surface area contributed by atoms with E-state index in [-0.39, 0.29) is 5.91 Å². The Morgan fingerprint density at radius 2 is 2.20 bits per heavy atom. The second-order valence-corrected chi connectivity index (χ2v) is 6.86. The lowest BCUT2D eigenvalue weighted by Crippen LogP contribution is -2.41. The van der Waals surface area contributed by atoms with Crippen LogP contribution in [0.4, 0.5) is 5.69 Å². The van der Waals surface area contributed by atoms with Gasteiger partial charge in [0, 0.05) is 10.9 Å². The largest absolute Gasteiger partial charge is 0.398 e. The van der Waals surface area contributed by atoms with Crippen LogP contribution in [0.1, 0.15) is 32.6 Å². The van der Waals surface area contributed by atoms with Crippen molar-refractivity contribution in [3.05, 3.63) is 23.2 Å². The smallest absolute Gasteiger partial charge is 0.230 e. The van der Waals surface area contributed by atoms with Crippen LogP contribution < -0.4 is 11.1 Å². The van der Waals surface area contributed by atoms with Gasteiger partial charge in [-0.3, -0.25) is 4.79 Å². The summed E-state index contributed by atoms with van der Waals surface area (Å²) in [5.74, 6) is 1.11. The predicted octanol–water partition coefficient (Wildman–Crippen LogP) is 3.71. The second-order valence-electron chi connectivity index (χ2n) is 5.41. The summed E-state index contributed by atoms with van der Waals surface area (Å²) in [5.41, 5.74) is 6.23. The highest BCUT2D eigenvalue weighted by molar-refractivity contribution is 8.00. The Bertz CT molecular complexity index is 481. The lowest BCUT2D eigenvalue weighted by atomic mass is 9.86. The van der Waals surface area contributed by atoms with E-state index in [4.69, 9.17) is 17.3 Å². The number of halogens is 1. The molecule has 3 N–H and O–H groups in total. The fourth-order valence-electron chi connectivity index (χ4n) is 2.53. The first-order valence-electron chi connectivity index (χ1n) is 7.03. The van der Waals surface area contributed by atoms with Gasteiger partial charge >= 0.3 is 0 Å². The SMILES string of the molecule is CC1CCCCC1NC(=O)CSc1ccc(N)c(Cl)c1. The number of benzene rings is 1. The maximum absolute atomic E-state index is 12.0. The summed E-state index contributed by atoms with van der Waals surface area (Å²) < 4.78 is 0. The first-order chi connectivity index (χ1) is 9.56. The molecule has 0 aromatic heterocycles. The molecule has 1 aliphatic rings.